The van der Waals surface area contributed by atoms with Crippen LogP contribution in [0.1, 0.15) is 28.4 Å². The third-order valence-electron chi connectivity index (χ3n) is 5.06. The molecule has 26 heavy (non-hydrogen) atoms. The van der Waals surface area contributed by atoms with Gasteiger partial charge in [0.2, 0.25) is 0 Å². The maximum Gasteiger partial charge on any atom is 0.109 e. The van der Waals surface area contributed by atoms with Crippen LogP contribution in [-0.4, -0.2) is 22.6 Å². The highest BCUT2D eigenvalue weighted by atomic mass is 32.1. The Hall–Kier alpha value is -2.11. The molecule has 4 nitrogen and oxygen atoms in total. The number of thiophene rings is 1. The fourth-order valence-corrected chi connectivity index (χ4v) is 4.37. The number of rotatable bonds is 6. The maximum absolute atomic E-state index is 4.59. The van der Waals surface area contributed by atoms with E-state index in [1.54, 1.807) is 0 Å². The number of imidazole rings is 1. The summed E-state index contributed by atoms with van der Waals surface area (Å²) in [6.07, 6.45) is 4.40. The first-order valence-electron chi connectivity index (χ1n) is 9.26. The van der Waals surface area contributed by atoms with Crippen LogP contribution in [0.25, 0.3) is 0 Å². The quantitative estimate of drug-likeness (QED) is 0.716. The van der Waals surface area contributed by atoms with Crippen LogP contribution in [0.5, 0.6) is 0 Å². The number of anilines is 1. The van der Waals surface area contributed by atoms with E-state index in [0.717, 1.165) is 38.2 Å². The molecule has 1 unspecified atom stereocenters. The molecule has 1 aromatic carbocycles. The minimum Gasteiger partial charge on any atom is -0.369 e. The van der Waals surface area contributed by atoms with Crippen molar-refractivity contribution in [2.75, 3.05) is 11.9 Å². The Bertz CT molecular complexity index is 836. The zero-order chi connectivity index (χ0) is 17.9. The van der Waals surface area contributed by atoms with Crippen molar-refractivity contribution in [2.24, 2.45) is 0 Å². The molecular formula is C21H26N4S. The van der Waals surface area contributed by atoms with Crippen LogP contribution in [0, 0.1) is 6.92 Å². The summed E-state index contributed by atoms with van der Waals surface area (Å²) in [5, 5.41) is 5.85. The second-order valence-corrected chi connectivity index (χ2v) is 8.20. The molecule has 4 rings (SSSR count). The van der Waals surface area contributed by atoms with E-state index < -0.39 is 0 Å². The monoisotopic (exact) mass is 366 g/mol. The average molecular weight is 367 g/mol. The predicted molar refractivity (Wildman–Crippen MR) is 109 cm³/mol. The van der Waals surface area contributed by atoms with Crippen molar-refractivity contribution in [2.45, 2.75) is 45.4 Å². The molecule has 0 spiro atoms. The Kier molecular flexibility index (Phi) is 5.09. The molecule has 0 saturated heterocycles. The highest BCUT2D eigenvalue weighted by molar-refractivity contribution is 7.09. The molecule has 3 aromatic rings. The fraction of sp³-hybridized carbons (Fsp3) is 0.381. The Balaban J connectivity index is 1.30. The van der Waals surface area contributed by atoms with E-state index >= 15 is 0 Å². The first-order valence-corrected chi connectivity index (χ1v) is 10.1. The van der Waals surface area contributed by atoms with E-state index in [1.807, 2.05) is 11.3 Å². The Morgan fingerprint density at radius 1 is 1.27 bits per heavy atom. The predicted octanol–water partition coefficient (Wildman–Crippen LogP) is 3.99. The van der Waals surface area contributed by atoms with Crippen molar-refractivity contribution in [1.29, 1.82) is 0 Å². The number of hydrogen-bond acceptors (Lipinski definition) is 4. The van der Waals surface area contributed by atoms with Gasteiger partial charge in [-0.3, -0.25) is 0 Å². The fourth-order valence-electron chi connectivity index (χ4n) is 3.61. The molecule has 0 saturated carbocycles. The number of nitrogens with zero attached hydrogens (tertiary/aromatic N) is 3. The largest absolute Gasteiger partial charge is 0.369 e. The maximum atomic E-state index is 4.59. The van der Waals surface area contributed by atoms with Gasteiger partial charge in [-0.25, -0.2) is 4.98 Å². The highest BCUT2D eigenvalue weighted by Crippen LogP contribution is 2.19. The van der Waals surface area contributed by atoms with Crippen LogP contribution in [0.3, 0.4) is 0 Å². The average Bonchev–Trinajstić information content (AvgIpc) is 3.28. The second-order valence-electron chi connectivity index (χ2n) is 7.17. The molecular weight excluding hydrogens is 340 g/mol. The van der Waals surface area contributed by atoms with E-state index in [-0.39, 0.29) is 0 Å². The number of hydrogen-bond donors (Lipinski definition) is 1. The van der Waals surface area contributed by atoms with Crippen molar-refractivity contribution in [3.8, 4) is 0 Å². The van der Waals surface area contributed by atoms with Crippen molar-refractivity contribution >= 4 is 17.0 Å². The molecule has 2 aromatic heterocycles. The lowest BCUT2D eigenvalue weighted by molar-refractivity contribution is 0.379. The molecule has 1 aliphatic rings. The van der Waals surface area contributed by atoms with Crippen LogP contribution >= 0.6 is 11.3 Å². The molecule has 1 atom stereocenters. The summed E-state index contributed by atoms with van der Waals surface area (Å²) in [6, 6.07) is 13.8. The molecule has 136 valence electrons. The van der Waals surface area contributed by atoms with E-state index in [0.29, 0.717) is 6.04 Å². The molecule has 0 fully saturated rings. The minimum absolute atomic E-state index is 0.525. The highest BCUT2D eigenvalue weighted by Gasteiger charge is 2.19. The number of aryl methyl sites for hydroxylation is 2. The summed E-state index contributed by atoms with van der Waals surface area (Å²) in [5.74, 6) is 1.23. The number of benzene rings is 1. The van der Waals surface area contributed by atoms with Gasteiger partial charge in [0.1, 0.15) is 5.82 Å². The van der Waals surface area contributed by atoms with Crippen molar-refractivity contribution < 1.29 is 0 Å². The van der Waals surface area contributed by atoms with Gasteiger partial charge < -0.3 is 14.8 Å². The van der Waals surface area contributed by atoms with Crippen LogP contribution in [-0.2, 0) is 26.1 Å². The lowest BCUT2D eigenvalue weighted by Gasteiger charge is -2.25. The summed E-state index contributed by atoms with van der Waals surface area (Å²) in [5.41, 5.74) is 3.73. The normalized spacial score (nSPS) is 16.5. The number of fused-ring (bicyclic) bond motifs is 1. The summed E-state index contributed by atoms with van der Waals surface area (Å²) in [7, 11) is 2.15. The molecule has 1 N–H and O–H groups in total. The minimum atomic E-state index is 0.525. The van der Waals surface area contributed by atoms with Gasteiger partial charge in [0.05, 0.1) is 12.2 Å². The van der Waals surface area contributed by atoms with Crippen molar-refractivity contribution in [1.82, 2.24) is 14.9 Å². The van der Waals surface area contributed by atoms with E-state index in [1.165, 1.54) is 22.0 Å². The molecule has 5 heteroatoms. The summed E-state index contributed by atoms with van der Waals surface area (Å²) >= 11 is 1.81. The first kappa shape index (κ1) is 17.3. The Morgan fingerprint density at radius 2 is 2.12 bits per heavy atom. The first-order chi connectivity index (χ1) is 12.7. The molecule has 1 aliphatic heterocycles. The van der Waals surface area contributed by atoms with Crippen LogP contribution in [0.2, 0.25) is 0 Å². The van der Waals surface area contributed by atoms with Crippen molar-refractivity contribution in [3.05, 3.63) is 69.9 Å². The van der Waals surface area contributed by atoms with E-state index in [2.05, 4.69) is 81.7 Å². The van der Waals surface area contributed by atoms with Crippen LogP contribution < -0.4 is 10.2 Å². The van der Waals surface area contributed by atoms with Gasteiger partial charge in [0, 0.05) is 49.4 Å². The third kappa shape index (κ3) is 4.00. The lowest BCUT2D eigenvalue weighted by Crippen LogP contribution is -2.36. The Labute approximate surface area is 159 Å². The summed E-state index contributed by atoms with van der Waals surface area (Å²) in [6.45, 7) is 4.98. The Morgan fingerprint density at radius 3 is 2.88 bits per heavy atom. The molecule has 0 radical (unpaired) electrons. The second kappa shape index (κ2) is 7.64. The van der Waals surface area contributed by atoms with Gasteiger partial charge in [0.25, 0.3) is 0 Å². The van der Waals surface area contributed by atoms with Crippen LogP contribution in [0.15, 0.2) is 48.0 Å². The summed E-state index contributed by atoms with van der Waals surface area (Å²) in [4.78, 5) is 8.28. The molecule has 3 heterocycles. The summed E-state index contributed by atoms with van der Waals surface area (Å²) < 4.78 is 2.30. The SMILES string of the molecule is Cc1cn2c(n1)CCC(NCc1ccc(N(C)Cc3cccs3)cc1)C2. The third-order valence-corrected chi connectivity index (χ3v) is 5.92. The van der Waals surface area contributed by atoms with E-state index in [4.69, 9.17) is 0 Å². The molecule has 0 amide bonds. The zero-order valence-corrected chi connectivity index (χ0v) is 16.3. The topological polar surface area (TPSA) is 33.1 Å². The molecule has 0 bridgehead atoms. The van der Waals surface area contributed by atoms with Gasteiger partial charge in [-0.2, -0.15) is 0 Å². The van der Waals surface area contributed by atoms with Crippen LogP contribution in [0.4, 0.5) is 5.69 Å². The lowest BCUT2D eigenvalue weighted by atomic mass is 10.1. The van der Waals surface area contributed by atoms with Gasteiger partial charge in [-0.1, -0.05) is 18.2 Å². The zero-order valence-electron chi connectivity index (χ0n) is 15.5. The smallest absolute Gasteiger partial charge is 0.109 e. The number of aromatic nitrogens is 2. The standard InChI is InChI=1S/C21H26N4S/c1-16-13-25-14-18(7-10-21(25)23-16)22-12-17-5-8-19(9-6-17)24(2)15-20-4-3-11-26-20/h3-6,8-9,11,13,18,22H,7,10,12,14-15H2,1-2H3. The van der Waals surface area contributed by atoms with Crippen molar-refractivity contribution in [3.63, 3.8) is 0 Å². The van der Waals surface area contributed by atoms with E-state index in [9.17, 15) is 0 Å². The number of nitrogens with one attached hydrogen (secondary N) is 1. The van der Waals surface area contributed by atoms with Gasteiger partial charge in [-0.15, -0.1) is 11.3 Å². The molecule has 0 aliphatic carbocycles. The van der Waals surface area contributed by atoms with Gasteiger partial charge >= 0.3 is 0 Å². The van der Waals surface area contributed by atoms with Gasteiger partial charge in [-0.05, 0) is 42.5 Å². The van der Waals surface area contributed by atoms with Gasteiger partial charge in [0.15, 0.2) is 0 Å².